The van der Waals surface area contributed by atoms with E-state index in [1.807, 2.05) is 22.7 Å². The Hall–Kier alpha value is -0.680. The van der Waals surface area contributed by atoms with Crippen LogP contribution in [0, 0.1) is 0 Å². The Balaban J connectivity index is 1.99. The molecule has 98 valence electrons. The number of ether oxygens (including phenoxy) is 1. The van der Waals surface area contributed by atoms with Gasteiger partial charge in [-0.15, -0.1) is 22.7 Å². The van der Waals surface area contributed by atoms with Gasteiger partial charge in [-0.25, -0.2) is 0 Å². The second-order valence-corrected chi connectivity index (χ2v) is 6.32. The van der Waals surface area contributed by atoms with Crippen molar-refractivity contribution in [2.45, 2.75) is 25.5 Å². The molecule has 0 saturated heterocycles. The Morgan fingerprint density at radius 3 is 2.61 bits per heavy atom. The van der Waals surface area contributed by atoms with E-state index in [1.54, 1.807) is 7.11 Å². The Kier molecular flexibility index (Phi) is 5.38. The van der Waals surface area contributed by atoms with Crippen molar-refractivity contribution in [1.82, 2.24) is 5.32 Å². The molecule has 0 fully saturated rings. The largest absolute Gasteiger partial charge is 0.380 e. The molecule has 0 aliphatic heterocycles. The lowest BCUT2D eigenvalue weighted by atomic mass is 10.1. The Morgan fingerprint density at radius 1 is 1.22 bits per heavy atom. The standard InChI is InChI=1S/C14H19NOS2/c1-11(16-2)10-15-13(14-6-4-8-18-14)9-12-5-3-7-17-12/h3-8,11,13,15H,9-10H2,1-2H3. The maximum atomic E-state index is 5.30. The van der Waals surface area contributed by atoms with Crippen molar-refractivity contribution in [2.75, 3.05) is 13.7 Å². The van der Waals surface area contributed by atoms with E-state index in [2.05, 4.69) is 47.3 Å². The summed E-state index contributed by atoms with van der Waals surface area (Å²) >= 11 is 3.64. The summed E-state index contributed by atoms with van der Waals surface area (Å²) in [5.74, 6) is 0. The van der Waals surface area contributed by atoms with Gasteiger partial charge < -0.3 is 10.1 Å². The van der Waals surface area contributed by atoms with Gasteiger partial charge in [-0.05, 0) is 29.8 Å². The van der Waals surface area contributed by atoms with Crippen molar-refractivity contribution in [3.05, 3.63) is 44.8 Å². The highest BCUT2D eigenvalue weighted by Crippen LogP contribution is 2.24. The van der Waals surface area contributed by atoms with Crippen molar-refractivity contribution in [2.24, 2.45) is 0 Å². The van der Waals surface area contributed by atoms with E-state index in [0.29, 0.717) is 6.04 Å². The highest BCUT2D eigenvalue weighted by atomic mass is 32.1. The maximum absolute atomic E-state index is 5.30. The molecule has 0 saturated carbocycles. The van der Waals surface area contributed by atoms with Crippen LogP contribution in [-0.4, -0.2) is 19.8 Å². The van der Waals surface area contributed by atoms with Crippen molar-refractivity contribution in [3.8, 4) is 0 Å². The molecule has 2 nitrogen and oxygen atoms in total. The fraction of sp³-hybridized carbons (Fsp3) is 0.429. The zero-order valence-corrected chi connectivity index (χ0v) is 12.4. The number of hydrogen-bond acceptors (Lipinski definition) is 4. The minimum Gasteiger partial charge on any atom is -0.380 e. The molecule has 4 heteroatoms. The minimum absolute atomic E-state index is 0.246. The maximum Gasteiger partial charge on any atom is 0.0667 e. The number of thiophene rings is 2. The van der Waals surface area contributed by atoms with E-state index in [4.69, 9.17) is 4.74 Å². The molecule has 0 aliphatic carbocycles. The predicted molar refractivity (Wildman–Crippen MR) is 79.6 cm³/mol. The molecule has 0 radical (unpaired) electrons. The Labute approximate surface area is 117 Å². The van der Waals surface area contributed by atoms with Crippen LogP contribution in [0.2, 0.25) is 0 Å². The normalized spacial score (nSPS) is 14.6. The third-order valence-corrected chi connectivity index (χ3v) is 4.81. The monoisotopic (exact) mass is 281 g/mol. The predicted octanol–water partition coefficient (Wildman–Crippen LogP) is 3.72. The summed E-state index contributed by atoms with van der Waals surface area (Å²) in [5.41, 5.74) is 0. The summed E-state index contributed by atoms with van der Waals surface area (Å²) in [6, 6.07) is 9.02. The lowest BCUT2D eigenvalue weighted by Gasteiger charge is -2.19. The first-order chi connectivity index (χ1) is 8.79. The minimum atomic E-state index is 0.246. The average molecular weight is 281 g/mol. The fourth-order valence-corrected chi connectivity index (χ4v) is 3.34. The lowest BCUT2D eigenvalue weighted by Crippen LogP contribution is -2.30. The quantitative estimate of drug-likeness (QED) is 0.835. The van der Waals surface area contributed by atoms with Crippen LogP contribution in [0.4, 0.5) is 0 Å². The third kappa shape index (κ3) is 3.92. The molecule has 2 rings (SSSR count). The van der Waals surface area contributed by atoms with Gasteiger partial charge in [0.15, 0.2) is 0 Å². The topological polar surface area (TPSA) is 21.3 Å². The van der Waals surface area contributed by atoms with Crippen LogP contribution in [0.5, 0.6) is 0 Å². The molecule has 0 aromatic carbocycles. The molecular formula is C14H19NOS2. The lowest BCUT2D eigenvalue weighted by molar-refractivity contribution is 0.114. The first-order valence-electron chi connectivity index (χ1n) is 6.11. The molecular weight excluding hydrogens is 262 g/mol. The summed E-state index contributed by atoms with van der Waals surface area (Å²) in [5, 5.41) is 7.88. The van der Waals surface area contributed by atoms with Gasteiger partial charge in [-0.2, -0.15) is 0 Å². The van der Waals surface area contributed by atoms with Gasteiger partial charge >= 0.3 is 0 Å². The van der Waals surface area contributed by atoms with Crippen LogP contribution in [0.3, 0.4) is 0 Å². The number of hydrogen-bond donors (Lipinski definition) is 1. The first-order valence-corrected chi connectivity index (χ1v) is 7.87. The third-order valence-electron chi connectivity index (χ3n) is 2.93. The molecule has 1 N–H and O–H groups in total. The van der Waals surface area contributed by atoms with Gasteiger partial charge in [0.05, 0.1) is 6.10 Å². The summed E-state index contributed by atoms with van der Waals surface area (Å²) in [6.45, 7) is 2.97. The molecule has 0 amide bonds. The van der Waals surface area contributed by atoms with Gasteiger partial charge in [-0.1, -0.05) is 12.1 Å². The average Bonchev–Trinajstić information content (AvgIpc) is 3.06. The van der Waals surface area contributed by atoms with Crippen molar-refractivity contribution >= 4 is 22.7 Å². The molecule has 0 aliphatic rings. The molecule has 2 aromatic rings. The van der Waals surface area contributed by atoms with Crippen LogP contribution in [0.1, 0.15) is 22.7 Å². The Bertz CT molecular complexity index is 425. The smallest absolute Gasteiger partial charge is 0.0667 e. The van der Waals surface area contributed by atoms with Crippen LogP contribution in [0.25, 0.3) is 0 Å². The second-order valence-electron chi connectivity index (χ2n) is 4.31. The SMILES string of the molecule is COC(C)CNC(Cc1cccs1)c1cccs1. The number of methoxy groups -OCH3 is 1. The van der Waals surface area contributed by atoms with Crippen molar-refractivity contribution in [3.63, 3.8) is 0 Å². The van der Waals surface area contributed by atoms with Crippen LogP contribution < -0.4 is 5.32 Å². The zero-order valence-electron chi connectivity index (χ0n) is 10.8. The van der Waals surface area contributed by atoms with Gasteiger partial charge in [0.25, 0.3) is 0 Å². The van der Waals surface area contributed by atoms with E-state index >= 15 is 0 Å². The molecule has 18 heavy (non-hydrogen) atoms. The molecule has 0 spiro atoms. The van der Waals surface area contributed by atoms with Crippen LogP contribution >= 0.6 is 22.7 Å². The van der Waals surface area contributed by atoms with E-state index < -0.39 is 0 Å². The molecule has 2 atom stereocenters. The Morgan fingerprint density at radius 2 is 2.00 bits per heavy atom. The fourth-order valence-electron chi connectivity index (χ4n) is 1.78. The molecule has 2 aromatic heterocycles. The molecule has 0 bridgehead atoms. The molecule has 2 unspecified atom stereocenters. The highest BCUT2D eigenvalue weighted by Gasteiger charge is 2.14. The summed E-state index contributed by atoms with van der Waals surface area (Å²) in [4.78, 5) is 2.82. The van der Waals surface area contributed by atoms with Gasteiger partial charge in [0.1, 0.15) is 0 Å². The number of nitrogens with one attached hydrogen (secondary N) is 1. The van der Waals surface area contributed by atoms with E-state index in [9.17, 15) is 0 Å². The van der Waals surface area contributed by atoms with Gasteiger partial charge in [-0.3, -0.25) is 0 Å². The second kappa shape index (κ2) is 7.04. The van der Waals surface area contributed by atoms with E-state index in [0.717, 1.165) is 13.0 Å². The van der Waals surface area contributed by atoms with Crippen molar-refractivity contribution < 1.29 is 4.74 Å². The first kappa shape index (κ1) is 13.7. The number of rotatable bonds is 7. The highest BCUT2D eigenvalue weighted by molar-refractivity contribution is 7.10. The van der Waals surface area contributed by atoms with Crippen molar-refractivity contribution in [1.29, 1.82) is 0 Å². The molecule has 2 heterocycles. The van der Waals surface area contributed by atoms with E-state index in [-0.39, 0.29) is 6.10 Å². The summed E-state index contributed by atoms with van der Waals surface area (Å²) in [6.07, 6.45) is 1.30. The summed E-state index contributed by atoms with van der Waals surface area (Å²) < 4.78 is 5.30. The van der Waals surface area contributed by atoms with Gasteiger partial charge in [0, 0.05) is 35.9 Å². The van der Waals surface area contributed by atoms with Gasteiger partial charge in [0.2, 0.25) is 0 Å². The van der Waals surface area contributed by atoms with Crippen LogP contribution in [-0.2, 0) is 11.2 Å². The summed E-state index contributed by atoms with van der Waals surface area (Å²) in [7, 11) is 1.76. The van der Waals surface area contributed by atoms with E-state index in [1.165, 1.54) is 9.75 Å². The van der Waals surface area contributed by atoms with Crippen LogP contribution in [0.15, 0.2) is 35.0 Å². The zero-order chi connectivity index (χ0) is 12.8.